The van der Waals surface area contributed by atoms with Gasteiger partial charge in [-0.25, -0.2) is 4.68 Å². The van der Waals surface area contributed by atoms with Crippen molar-refractivity contribution in [2.45, 2.75) is 39.9 Å². The van der Waals surface area contributed by atoms with Gasteiger partial charge in [0.2, 0.25) is 5.91 Å². The second kappa shape index (κ2) is 6.95. The van der Waals surface area contributed by atoms with E-state index in [9.17, 15) is 9.59 Å². The van der Waals surface area contributed by atoms with Crippen LogP contribution in [0, 0.1) is 6.92 Å². The molecule has 0 aliphatic rings. The molecule has 4 heterocycles. The number of amides is 1. The SMILES string of the molecule is Cc1cc2c(o1)c1cnn(CC(=O)NCc3cccnc3)c(=O)c1n2C(C)C. The van der Waals surface area contributed by atoms with E-state index in [0.29, 0.717) is 23.0 Å². The monoisotopic (exact) mass is 379 g/mol. The van der Waals surface area contributed by atoms with E-state index in [0.717, 1.165) is 16.8 Å². The smallest absolute Gasteiger partial charge is 0.291 e. The fraction of sp³-hybridized carbons (Fsp3) is 0.300. The van der Waals surface area contributed by atoms with Crippen molar-refractivity contribution in [2.75, 3.05) is 0 Å². The Balaban J connectivity index is 1.67. The first-order valence-electron chi connectivity index (χ1n) is 9.11. The van der Waals surface area contributed by atoms with Crippen molar-refractivity contribution < 1.29 is 9.21 Å². The van der Waals surface area contributed by atoms with Gasteiger partial charge in [-0.3, -0.25) is 14.6 Å². The summed E-state index contributed by atoms with van der Waals surface area (Å²) in [6.45, 7) is 6.08. The number of carbonyl (C=O) groups is 1. The maximum absolute atomic E-state index is 13.1. The van der Waals surface area contributed by atoms with Gasteiger partial charge in [0.05, 0.1) is 17.1 Å². The molecule has 0 aliphatic carbocycles. The van der Waals surface area contributed by atoms with Crippen molar-refractivity contribution in [1.82, 2.24) is 24.6 Å². The average Bonchev–Trinajstić information content (AvgIpc) is 3.18. The molecule has 4 aromatic rings. The second-order valence-electron chi connectivity index (χ2n) is 7.04. The van der Waals surface area contributed by atoms with E-state index in [1.807, 2.05) is 37.5 Å². The van der Waals surface area contributed by atoms with Gasteiger partial charge in [0.1, 0.15) is 17.8 Å². The standard InChI is InChI=1S/C20H21N5O3/c1-12(2)25-16-7-13(3)28-19(16)15-10-23-24(20(27)18(15)25)11-17(26)22-9-14-5-4-6-21-8-14/h4-8,10,12H,9,11H2,1-3H3,(H,22,26). The number of nitrogens with zero attached hydrogens (tertiary/aromatic N) is 4. The fourth-order valence-electron chi connectivity index (χ4n) is 3.41. The third-order valence-corrected chi connectivity index (χ3v) is 4.62. The molecule has 0 bridgehead atoms. The molecule has 144 valence electrons. The summed E-state index contributed by atoms with van der Waals surface area (Å²) in [7, 11) is 0. The summed E-state index contributed by atoms with van der Waals surface area (Å²) in [6, 6.07) is 5.65. The molecule has 1 N–H and O–H groups in total. The van der Waals surface area contributed by atoms with E-state index >= 15 is 0 Å². The highest BCUT2D eigenvalue weighted by molar-refractivity contribution is 6.04. The van der Waals surface area contributed by atoms with Crippen LogP contribution in [0.25, 0.3) is 22.0 Å². The number of fused-ring (bicyclic) bond motifs is 3. The number of furan rings is 1. The third kappa shape index (κ3) is 3.06. The maximum atomic E-state index is 13.1. The highest BCUT2D eigenvalue weighted by Gasteiger charge is 2.21. The Morgan fingerprint density at radius 1 is 1.32 bits per heavy atom. The van der Waals surface area contributed by atoms with Crippen LogP contribution in [0.4, 0.5) is 0 Å². The summed E-state index contributed by atoms with van der Waals surface area (Å²) in [5.41, 5.74) is 2.58. The molecular weight excluding hydrogens is 358 g/mol. The van der Waals surface area contributed by atoms with Crippen molar-refractivity contribution in [2.24, 2.45) is 0 Å². The van der Waals surface area contributed by atoms with Crippen LogP contribution >= 0.6 is 0 Å². The van der Waals surface area contributed by atoms with Crippen molar-refractivity contribution in [3.05, 3.63) is 58.5 Å². The Morgan fingerprint density at radius 2 is 2.14 bits per heavy atom. The molecule has 0 saturated heterocycles. The van der Waals surface area contributed by atoms with Crippen LogP contribution in [-0.2, 0) is 17.9 Å². The number of nitrogens with one attached hydrogen (secondary N) is 1. The molecule has 0 atom stereocenters. The predicted octanol–water partition coefficient (Wildman–Crippen LogP) is 2.54. The lowest BCUT2D eigenvalue weighted by atomic mass is 10.3. The molecule has 1 amide bonds. The van der Waals surface area contributed by atoms with Gasteiger partial charge in [-0.05, 0) is 32.4 Å². The fourth-order valence-corrected chi connectivity index (χ4v) is 3.41. The van der Waals surface area contributed by atoms with Gasteiger partial charge in [0.25, 0.3) is 5.56 Å². The van der Waals surface area contributed by atoms with Gasteiger partial charge in [0.15, 0.2) is 5.58 Å². The van der Waals surface area contributed by atoms with Crippen LogP contribution in [0.5, 0.6) is 0 Å². The maximum Gasteiger partial charge on any atom is 0.291 e. The van der Waals surface area contributed by atoms with Crippen LogP contribution in [0.2, 0.25) is 0 Å². The average molecular weight is 379 g/mol. The molecule has 8 nitrogen and oxygen atoms in total. The minimum absolute atomic E-state index is 0.0555. The first-order valence-corrected chi connectivity index (χ1v) is 9.11. The molecule has 8 heteroatoms. The zero-order valence-corrected chi connectivity index (χ0v) is 16.0. The van der Waals surface area contributed by atoms with Gasteiger partial charge in [-0.15, -0.1) is 0 Å². The number of hydrogen-bond donors (Lipinski definition) is 1. The molecule has 0 fully saturated rings. The van der Waals surface area contributed by atoms with Crippen molar-refractivity contribution in [3.63, 3.8) is 0 Å². The Labute approximate surface area is 160 Å². The van der Waals surface area contributed by atoms with E-state index in [2.05, 4.69) is 15.4 Å². The zero-order chi connectivity index (χ0) is 19.8. The molecule has 0 spiro atoms. The van der Waals surface area contributed by atoms with Crippen LogP contribution in [0.1, 0.15) is 31.2 Å². The van der Waals surface area contributed by atoms with Gasteiger partial charge in [-0.2, -0.15) is 5.10 Å². The third-order valence-electron chi connectivity index (χ3n) is 4.62. The Bertz CT molecular complexity index is 1220. The number of carbonyl (C=O) groups excluding carboxylic acids is 1. The zero-order valence-electron chi connectivity index (χ0n) is 16.0. The summed E-state index contributed by atoms with van der Waals surface area (Å²) >= 11 is 0. The largest absolute Gasteiger partial charge is 0.459 e. The number of aromatic nitrogens is 4. The number of hydrogen-bond acceptors (Lipinski definition) is 5. The Hall–Kier alpha value is -3.42. The molecule has 4 aromatic heterocycles. The van der Waals surface area contributed by atoms with Crippen LogP contribution in [0.15, 0.2) is 46.0 Å². The molecule has 0 saturated carbocycles. The predicted molar refractivity (Wildman–Crippen MR) is 105 cm³/mol. The summed E-state index contributed by atoms with van der Waals surface area (Å²) < 4.78 is 8.91. The van der Waals surface area contributed by atoms with E-state index < -0.39 is 0 Å². The van der Waals surface area contributed by atoms with Gasteiger partial charge in [0, 0.05) is 31.0 Å². The van der Waals surface area contributed by atoms with Crippen LogP contribution in [0.3, 0.4) is 0 Å². The molecule has 4 rings (SSSR count). The first kappa shape index (κ1) is 18.0. The highest BCUT2D eigenvalue weighted by Crippen LogP contribution is 2.31. The quantitative estimate of drug-likeness (QED) is 0.575. The molecule has 0 aromatic carbocycles. The Kier molecular flexibility index (Phi) is 4.46. The minimum atomic E-state index is -0.313. The topological polar surface area (TPSA) is 95.0 Å². The van der Waals surface area contributed by atoms with Gasteiger partial charge in [-0.1, -0.05) is 6.07 Å². The van der Waals surface area contributed by atoms with Crippen molar-refractivity contribution in [1.29, 1.82) is 0 Å². The van der Waals surface area contributed by atoms with Crippen molar-refractivity contribution >= 4 is 27.9 Å². The molecule has 0 radical (unpaired) electrons. The lowest BCUT2D eigenvalue weighted by molar-refractivity contribution is -0.122. The van der Waals surface area contributed by atoms with E-state index in [4.69, 9.17) is 4.42 Å². The molecule has 0 unspecified atom stereocenters. The van der Waals surface area contributed by atoms with E-state index in [1.54, 1.807) is 24.7 Å². The van der Waals surface area contributed by atoms with E-state index in [-0.39, 0.29) is 24.1 Å². The first-order chi connectivity index (χ1) is 13.5. The molecule has 28 heavy (non-hydrogen) atoms. The normalized spacial score (nSPS) is 11.6. The van der Waals surface area contributed by atoms with E-state index in [1.165, 1.54) is 4.68 Å². The van der Waals surface area contributed by atoms with Crippen LogP contribution < -0.4 is 10.9 Å². The van der Waals surface area contributed by atoms with Crippen LogP contribution in [-0.4, -0.2) is 25.2 Å². The highest BCUT2D eigenvalue weighted by atomic mass is 16.3. The lowest BCUT2D eigenvalue weighted by Crippen LogP contribution is -2.34. The summed E-state index contributed by atoms with van der Waals surface area (Å²) in [5, 5.41) is 7.64. The summed E-state index contributed by atoms with van der Waals surface area (Å²) in [5.74, 6) is 0.486. The minimum Gasteiger partial charge on any atom is -0.459 e. The second-order valence-corrected chi connectivity index (χ2v) is 7.04. The summed E-state index contributed by atoms with van der Waals surface area (Å²) in [6.07, 6.45) is 4.95. The number of aryl methyl sites for hydroxylation is 1. The molecular formula is C20H21N5O3. The Morgan fingerprint density at radius 3 is 2.86 bits per heavy atom. The van der Waals surface area contributed by atoms with Gasteiger partial charge < -0.3 is 14.3 Å². The summed E-state index contributed by atoms with van der Waals surface area (Å²) in [4.78, 5) is 29.4. The molecule has 0 aliphatic heterocycles. The van der Waals surface area contributed by atoms with Crippen molar-refractivity contribution in [3.8, 4) is 0 Å². The number of pyridine rings is 1. The number of rotatable bonds is 5. The van der Waals surface area contributed by atoms with Gasteiger partial charge >= 0.3 is 0 Å². The lowest BCUT2D eigenvalue weighted by Gasteiger charge is -2.11.